The Bertz CT molecular complexity index is 1220. The number of nitro benzene ring substituents is 1. The van der Waals surface area contributed by atoms with E-state index in [2.05, 4.69) is 56.0 Å². The molecule has 2 aliphatic heterocycles. The second-order valence-corrected chi connectivity index (χ2v) is 13.1. The lowest BCUT2D eigenvalue weighted by molar-refractivity contribution is -0.385. The highest BCUT2D eigenvalue weighted by atomic mass is 16.6. The third-order valence-electron chi connectivity index (χ3n) is 9.65. The maximum atomic E-state index is 11.5. The molecule has 1 unspecified atom stereocenters. The smallest absolute Gasteiger partial charge is 0.274 e. The van der Waals surface area contributed by atoms with Crippen molar-refractivity contribution in [2.24, 2.45) is 0 Å². The quantitative estimate of drug-likeness (QED) is 0.0925. The van der Waals surface area contributed by atoms with E-state index in [9.17, 15) is 10.1 Å². The average Bonchev–Trinajstić information content (AvgIpc) is 3.18. The zero-order valence-corrected chi connectivity index (χ0v) is 27.2. The lowest BCUT2D eigenvalue weighted by Crippen LogP contribution is -2.59. The Morgan fingerprint density at radius 2 is 1.40 bits per heavy atom. The van der Waals surface area contributed by atoms with E-state index in [0.29, 0.717) is 17.1 Å². The molecule has 2 aromatic rings. The van der Waals surface area contributed by atoms with Gasteiger partial charge in [-0.1, -0.05) is 121 Å². The third-order valence-corrected chi connectivity index (χ3v) is 9.65. The Hall–Kier alpha value is -3.02. The highest BCUT2D eigenvalue weighted by Gasteiger charge is 2.59. The third kappa shape index (κ3) is 7.56. The van der Waals surface area contributed by atoms with Crippen LogP contribution in [0.2, 0.25) is 0 Å². The Labute approximate surface area is 260 Å². The van der Waals surface area contributed by atoms with Gasteiger partial charge in [0.2, 0.25) is 5.72 Å². The van der Waals surface area contributed by atoms with Crippen LogP contribution in [0.15, 0.2) is 42.5 Å². The Balaban J connectivity index is 1.28. The van der Waals surface area contributed by atoms with Gasteiger partial charge < -0.3 is 14.4 Å². The molecular weight excluding hydrogens is 536 g/mol. The monoisotopic (exact) mass is 590 g/mol. The van der Waals surface area contributed by atoms with Crippen LogP contribution in [0, 0.1) is 10.1 Å². The molecule has 0 radical (unpaired) electrons. The van der Waals surface area contributed by atoms with Crippen molar-refractivity contribution in [3.8, 4) is 11.5 Å². The molecule has 6 heteroatoms. The van der Waals surface area contributed by atoms with Crippen LogP contribution in [-0.4, -0.2) is 24.3 Å². The van der Waals surface area contributed by atoms with Crippen molar-refractivity contribution in [2.45, 2.75) is 135 Å². The highest BCUT2D eigenvalue weighted by Crippen LogP contribution is 2.56. The maximum absolute atomic E-state index is 11.5. The summed E-state index contributed by atoms with van der Waals surface area (Å²) >= 11 is 0. The summed E-state index contributed by atoms with van der Waals surface area (Å²) in [5.41, 5.74) is 2.02. The van der Waals surface area contributed by atoms with Gasteiger partial charge >= 0.3 is 0 Å². The number of unbranched alkanes of at least 4 members (excludes halogenated alkanes) is 15. The SMILES string of the molecule is CCCCCCCCCCCCCCCCCCN1c2ccccc2C(C)(C)C12C=Cc1cc([N+](=O)[O-])cc(OC)c1O2. The summed E-state index contributed by atoms with van der Waals surface area (Å²) < 4.78 is 12.5. The number of rotatable bonds is 19. The number of nitro groups is 1. The van der Waals surface area contributed by atoms with Crippen molar-refractivity contribution >= 4 is 17.5 Å². The first kappa shape index (κ1) is 32.9. The number of nitrogens with zero attached hydrogens (tertiary/aromatic N) is 2. The molecule has 0 amide bonds. The number of hydrogen-bond donors (Lipinski definition) is 0. The van der Waals surface area contributed by atoms with Gasteiger partial charge in [0.15, 0.2) is 11.5 Å². The van der Waals surface area contributed by atoms with E-state index in [4.69, 9.17) is 9.47 Å². The van der Waals surface area contributed by atoms with Gasteiger partial charge in [0.1, 0.15) is 0 Å². The number of methoxy groups -OCH3 is 1. The van der Waals surface area contributed by atoms with Crippen molar-refractivity contribution in [1.29, 1.82) is 0 Å². The van der Waals surface area contributed by atoms with Crippen molar-refractivity contribution < 1.29 is 14.4 Å². The molecule has 0 fully saturated rings. The van der Waals surface area contributed by atoms with E-state index in [1.54, 1.807) is 6.07 Å². The molecule has 0 saturated heterocycles. The van der Waals surface area contributed by atoms with Crippen LogP contribution in [0.5, 0.6) is 11.5 Å². The summed E-state index contributed by atoms with van der Waals surface area (Å²) in [7, 11) is 1.54. The van der Waals surface area contributed by atoms with E-state index >= 15 is 0 Å². The Morgan fingerprint density at radius 3 is 1.95 bits per heavy atom. The van der Waals surface area contributed by atoms with Gasteiger partial charge in [-0.2, -0.15) is 0 Å². The molecule has 4 rings (SSSR count). The summed E-state index contributed by atoms with van der Waals surface area (Å²) in [6.45, 7) is 7.62. The topological polar surface area (TPSA) is 64.8 Å². The summed E-state index contributed by atoms with van der Waals surface area (Å²) in [4.78, 5) is 13.5. The van der Waals surface area contributed by atoms with E-state index in [-0.39, 0.29) is 16.0 Å². The first-order chi connectivity index (χ1) is 20.9. The Morgan fingerprint density at radius 1 is 0.837 bits per heavy atom. The molecule has 2 aromatic carbocycles. The van der Waals surface area contributed by atoms with Gasteiger partial charge in [-0.05, 0) is 44.1 Å². The average molecular weight is 591 g/mol. The van der Waals surface area contributed by atoms with Gasteiger partial charge in [-0.3, -0.25) is 10.1 Å². The minimum Gasteiger partial charge on any atom is -0.493 e. The first-order valence-corrected chi connectivity index (χ1v) is 17.0. The molecular formula is C37H54N2O4. The minimum atomic E-state index is -0.747. The lowest BCUT2D eigenvalue weighted by Gasteiger charge is -2.47. The van der Waals surface area contributed by atoms with Gasteiger partial charge in [-0.15, -0.1) is 0 Å². The number of para-hydroxylation sites is 1. The molecule has 0 aliphatic carbocycles. The fourth-order valence-corrected chi connectivity index (χ4v) is 7.02. The van der Waals surface area contributed by atoms with Gasteiger partial charge in [0.05, 0.1) is 23.5 Å². The fourth-order valence-electron chi connectivity index (χ4n) is 7.02. The normalized spacial score (nSPS) is 18.0. The van der Waals surface area contributed by atoms with Crippen molar-refractivity contribution in [2.75, 3.05) is 18.6 Å². The molecule has 2 aliphatic rings. The van der Waals surface area contributed by atoms with Crippen LogP contribution >= 0.6 is 0 Å². The molecule has 0 saturated carbocycles. The number of anilines is 1. The summed E-state index contributed by atoms with van der Waals surface area (Å²) in [6, 6.07) is 11.6. The van der Waals surface area contributed by atoms with Crippen LogP contribution < -0.4 is 14.4 Å². The number of benzene rings is 2. The standard InChI is InChI=1S/C37H54N2O4/c1-5-6-7-8-9-10-11-12-13-14-15-16-17-18-19-22-27-38-33-24-21-20-23-32(33)36(2,3)37(38)26-25-30-28-31(39(40)41)29-34(42-4)35(30)43-37/h20-21,23-26,28-29H,5-19,22,27H2,1-4H3. The molecule has 236 valence electrons. The molecule has 2 heterocycles. The summed E-state index contributed by atoms with van der Waals surface area (Å²) in [6.07, 6.45) is 25.7. The van der Waals surface area contributed by atoms with Gasteiger partial charge in [0, 0.05) is 23.9 Å². The van der Waals surface area contributed by atoms with Gasteiger partial charge in [-0.25, -0.2) is 0 Å². The van der Waals surface area contributed by atoms with Crippen LogP contribution in [-0.2, 0) is 5.41 Å². The number of non-ortho nitro benzene ring substituents is 1. The second kappa shape index (κ2) is 15.6. The molecule has 6 nitrogen and oxygen atoms in total. The molecule has 0 N–H and O–H groups in total. The van der Waals surface area contributed by atoms with Crippen LogP contribution in [0.1, 0.15) is 135 Å². The molecule has 43 heavy (non-hydrogen) atoms. The van der Waals surface area contributed by atoms with Gasteiger partial charge in [0.25, 0.3) is 5.69 Å². The largest absolute Gasteiger partial charge is 0.493 e. The summed E-state index contributed by atoms with van der Waals surface area (Å²) in [5.74, 6) is 0.954. The number of fused-ring (bicyclic) bond motifs is 2. The molecule has 0 aromatic heterocycles. The second-order valence-electron chi connectivity index (χ2n) is 13.1. The van der Waals surface area contributed by atoms with E-state index in [0.717, 1.165) is 13.0 Å². The lowest BCUT2D eigenvalue weighted by atomic mass is 9.76. The molecule has 1 atom stereocenters. The van der Waals surface area contributed by atoms with Crippen molar-refractivity contribution in [3.05, 3.63) is 63.7 Å². The Kier molecular flexibility index (Phi) is 12.0. The zero-order valence-electron chi connectivity index (χ0n) is 27.2. The van der Waals surface area contributed by atoms with Crippen LogP contribution in [0.4, 0.5) is 11.4 Å². The molecule has 1 spiro atoms. The number of hydrogen-bond acceptors (Lipinski definition) is 5. The van der Waals surface area contributed by atoms with E-state index in [1.165, 1.54) is 121 Å². The molecule has 0 bridgehead atoms. The van der Waals surface area contributed by atoms with Crippen LogP contribution in [0.3, 0.4) is 0 Å². The highest BCUT2D eigenvalue weighted by molar-refractivity contribution is 5.75. The van der Waals surface area contributed by atoms with E-state index in [1.807, 2.05) is 6.08 Å². The fraction of sp³-hybridized carbons (Fsp3) is 0.622. The first-order valence-electron chi connectivity index (χ1n) is 17.0. The zero-order chi connectivity index (χ0) is 30.7. The van der Waals surface area contributed by atoms with E-state index < -0.39 is 5.72 Å². The predicted molar refractivity (Wildman–Crippen MR) is 178 cm³/mol. The van der Waals surface area contributed by atoms with Crippen LogP contribution in [0.25, 0.3) is 6.08 Å². The van der Waals surface area contributed by atoms with Crippen molar-refractivity contribution in [1.82, 2.24) is 0 Å². The van der Waals surface area contributed by atoms with Crippen molar-refractivity contribution in [3.63, 3.8) is 0 Å². The minimum absolute atomic E-state index is 0.00112. The maximum Gasteiger partial charge on any atom is 0.274 e. The predicted octanol–water partition coefficient (Wildman–Crippen LogP) is 10.8. The number of ether oxygens (including phenoxy) is 2. The summed E-state index contributed by atoms with van der Waals surface area (Å²) in [5, 5.41) is 11.5.